The summed E-state index contributed by atoms with van der Waals surface area (Å²) in [4.78, 5) is 10.8. The third kappa shape index (κ3) is 11.6. The van der Waals surface area contributed by atoms with E-state index in [4.69, 9.17) is 9.97 Å². The highest BCUT2D eigenvalue weighted by Gasteiger charge is 2.14. The molecule has 0 spiro atoms. The molecule has 0 radical (unpaired) electrons. The lowest BCUT2D eigenvalue weighted by Gasteiger charge is -2.15. The second-order valence-electron chi connectivity index (χ2n) is 13.1. The van der Waals surface area contributed by atoms with E-state index in [1.165, 1.54) is 186 Å². The molecule has 0 saturated carbocycles. The molecule has 42 heavy (non-hydrogen) atoms. The summed E-state index contributed by atoms with van der Waals surface area (Å²) in [5.41, 5.74) is 7.97. The number of nitrogens with zero attached hydrogens (tertiary/aromatic N) is 2. The van der Waals surface area contributed by atoms with E-state index in [2.05, 4.69) is 52.0 Å². The maximum atomic E-state index is 5.40. The van der Waals surface area contributed by atoms with Gasteiger partial charge in [-0.2, -0.15) is 0 Å². The quantitative estimate of drug-likeness (QED) is 0.0788. The standard InChI is InChI=1S/C40H64N2/c1-5-9-13-17-21-25-33-31-35(27-23-19-15-11-7-3)41-39-37(33)29-30-38-34(26-22-18-14-10-6-2)32-36(42-40(38)39)28-24-20-16-12-8-4/h29-32H,5-28H2,1-4H3. The van der Waals surface area contributed by atoms with Gasteiger partial charge in [-0.3, -0.25) is 9.97 Å². The predicted molar refractivity (Wildman–Crippen MR) is 187 cm³/mol. The molecule has 2 aromatic heterocycles. The molecule has 0 aliphatic heterocycles. The van der Waals surface area contributed by atoms with Gasteiger partial charge in [-0.25, -0.2) is 0 Å². The van der Waals surface area contributed by atoms with Crippen molar-refractivity contribution in [3.63, 3.8) is 0 Å². The van der Waals surface area contributed by atoms with E-state index in [0.29, 0.717) is 0 Å². The van der Waals surface area contributed by atoms with E-state index in [1.54, 1.807) is 0 Å². The molecule has 3 rings (SSSR count). The minimum Gasteiger partial charge on any atom is -0.251 e. The Bertz CT molecular complexity index is 1060. The predicted octanol–water partition coefficient (Wildman–Crippen LogP) is 12.8. The summed E-state index contributed by atoms with van der Waals surface area (Å²) in [7, 11) is 0. The first kappa shape index (κ1) is 34.5. The van der Waals surface area contributed by atoms with Crippen molar-refractivity contribution in [2.24, 2.45) is 0 Å². The third-order valence-electron chi connectivity index (χ3n) is 9.21. The zero-order chi connectivity index (χ0) is 29.8. The molecule has 2 nitrogen and oxygen atoms in total. The number of hydrogen-bond acceptors (Lipinski definition) is 2. The Balaban J connectivity index is 1.97. The van der Waals surface area contributed by atoms with Gasteiger partial charge < -0.3 is 0 Å². The fourth-order valence-electron chi connectivity index (χ4n) is 6.56. The molecule has 1 aromatic carbocycles. The van der Waals surface area contributed by atoms with E-state index in [1.807, 2.05) is 0 Å². The number of hydrogen-bond donors (Lipinski definition) is 0. The highest BCUT2D eigenvalue weighted by atomic mass is 14.8. The van der Waals surface area contributed by atoms with Gasteiger partial charge in [0.25, 0.3) is 0 Å². The van der Waals surface area contributed by atoms with Gasteiger partial charge in [0.1, 0.15) is 0 Å². The van der Waals surface area contributed by atoms with E-state index in [0.717, 1.165) is 12.8 Å². The van der Waals surface area contributed by atoms with Crippen molar-refractivity contribution in [3.05, 3.63) is 46.8 Å². The van der Waals surface area contributed by atoms with Gasteiger partial charge in [0.05, 0.1) is 11.0 Å². The minimum atomic E-state index is 1.10. The largest absolute Gasteiger partial charge is 0.251 e. The summed E-state index contributed by atoms with van der Waals surface area (Å²) < 4.78 is 0. The lowest BCUT2D eigenvalue weighted by molar-refractivity contribution is 0.625. The van der Waals surface area contributed by atoms with Crippen molar-refractivity contribution < 1.29 is 0 Å². The molecule has 2 heteroatoms. The first-order chi connectivity index (χ1) is 20.7. The number of aromatic nitrogens is 2. The summed E-state index contributed by atoms with van der Waals surface area (Å²) in [6.45, 7) is 9.21. The Labute approximate surface area is 259 Å². The van der Waals surface area contributed by atoms with Crippen LogP contribution in [0.15, 0.2) is 24.3 Å². The summed E-state index contributed by atoms with van der Waals surface area (Å²) in [5, 5.41) is 2.71. The van der Waals surface area contributed by atoms with Crippen LogP contribution in [-0.2, 0) is 25.7 Å². The number of unbranched alkanes of at least 4 members (excludes halogenated alkanes) is 16. The molecule has 0 bridgehead atoms. The Morgan fingerprint density at radius 3 is 1.02 bits per heavy atom. The van der Waals surface area contributed by atoms with Crippen LogP contribution >= 0.6 is 0 Å². The fraction of sp³-hybridized carbons (Fsp3) is 0.700. The monoisotopic (exact) mass is 573 g/mol. The lowest BCUT2D eigenvalue weighted by Crippen LogP contribution is -2.02. The maximum absolute atomic E-state index is 5.40. The fourth-order valence-corrected chi connectivity index (χ4v) is 6.56. The molecule has 0 aliphatic rings. The normalized spacial score (nSPS) is 11.7. The highest BCUT2D eigenvalue weighted by Crippen LogP contribution is 2.31. The lowest BCUT2D eigenvalue weighted by atomic mass is 9.95. The zero-order valence-corrected chi connectivity index (χ0v) is 28.2. The molecular formula is C40H64N2. The molecular weight excluding hydrogens is 508 g/mol. The summed E-state index contributed by atoms with van der Waals surface area (Å²) in [6.07, 6.45) is 30.9. The SMILES string of the molecule is CCCCCCCc1cc(CCCCCCC)c2ccc3c(CCCCCCC)cc(CCCCCCC)nc3c2n1. The topological polar surface area (TPSA) is 25.8 Å². The molecule has 2 heterocycles. The molecule has 0 fully saturated rings. The van der Waals surface area contributed by atoms with Crippen LogP contribution in [0, 0.1) is 0 Å². The van der Waals surface area contributed by atoms with E-state index >= 15 is 0 Å². The minimum absolute atomic E-state index is 1.10. The second kappa shape index (κ2) is 20.9. The van der Waals surface area contributed by atoms with Crippen LogP contribution in [0.25, 0.3) is 21.8 Å². The number of rotatable bonds is 24. The summed E-state index contributed by atoms with van der Waals surface area (Å²) in [6, 6.07) is 9.70. The molecule has 3 aromatic rings. The molecule has 0 aliphatic carbocycles. The second-order valence-corrected chi connectivity index (χ2v) is 13.1. The number of fused-ring (bicyclic) bond motifs is 3. The van der Waals surface area contributed by atoms with E-state index in [9.17, 15) is 0 Å². The number of pyridine rings is 2. The first-order valence-corrected chi connectivity index (χ1v) is 18.5. The van der Waals surface area contributed by atoms with Crippen LogP contribution in [-0.4, -0.2) is 9.97 Å². The first-order valence-electron chi connectivity index (χ1n) is 18.5. The Morgan fingerprint density at radius 2 is 0.690 bits per heavy atom. The van der Waals surface area contributed by atoms with Crippen molar-refractivity contribution in [1.82, 2.24) is 9.97 Å². The van der Waals surface area contributed by atoms with Crippen molar-refractivity contribution in [1.29, 1.82) is 0 Å². The van der Waals surface area contributed by atoms with Gasteiger partial charge in [0, 0.05) is 22.2 Å². The zero-order valence-electron chi connectivity index (χ0n) is 28.2. The molecule has 0 saturated heterocycles. The average Bonchev–Trinajstić information content (AvgIpc) is 3.00. The van der Waals surface area contributed by atoms with Gasteiger partial charge in [0.2, 0.25) is 0 Å². The van der Waals surface area contributed by atoms with Crippen LogP contribution in [0.1, 0.15) is 179 Å². The van der Waals surface area contributed by atoms with Crippen LogP contribution in [0.5, 0.6) is 0 Å². The van der Waals surface area contributed by atoms with E-state index < -0.39 is 0 Å². The Morgan fingerprint density at radius 1 is 0.381 bits per heavy atom. The van der Waals surface area contributed by atoms with Gasteiger partial charge in [0.15, 0.2) is 0 Å². The Kier molecular flexibility index (Phi) is 17.1. The molecule has 234 valence electrons. The molecule has 0 atom stereocenters. The summed E-state index contributed by atoms with van der Waals surface area (Å²) >= 11 is 0. The van der Waals surface area contributed by atoms with Crippen molar-refractivity contribution in [3.8, 4) is 0 Å². The maximum Gasteiger partial charge on any atom is 0.0970 e. The van der Waals surface area contributed by atoms with Gasteiger partial charge in [-0.05, 0) is 74.6 Å². The average molecular weight is 573 g/mol. The number of benzene rings is 1. The van der Waals surface area contributed by atoms with Crippen LogP contribution in [0.3, 0.4) is 0 Å². The molecule has 0 unspecified atom stereocenters. The smallest absolute Gasteiger partial charge is 0.0970 e. The summed E-state index contributed by atoms with van der Waals surface area (Å²) in [5.74, 6) is 0. The van der Waals surface area contributed by atoms with Crippen LogP contribution < -0.4 is 0 Å². The molecule has 0 amide bonds. The van der Waals surface area contributed by atoms with Crippen LogP contribution in [0.2, 0.25) is 0 Å². The third-order valence-corrected chi connectivity index (χ3v) is 9.21. The van der Waals surface area contributed by atoms with Gasteiger partial charge in [-0.15, -0.1) is 0 Å². The number of aryl methyl sites for hydroxylation is 4. The van der Waals surface area contributed by atoms with Gasteiger partial charge in [-0.1, -0.05) is 143 Å². The van der Waals surface area contributed by atoms with Crippen molar-refractivity contribution in [2.45, 2.75) is 182 Å². The van der Waals surface area contributed by atoms with Crippen LogP contribution in [0.4, 0.5) is 0 Å². The van der Waals surface area contributed by atoms with Crippen molar-refractivity contribution in [2.75, 3.05) is 0 Å². The van der Waals surface area contributed by atoms with Gasteiger partial charge >= 0.3 is 0 Å². The van der Waals surface area contributed by atoms with Crippen molar-refractivity contribution >= 4 is 21.8 Å². The van der Waals surface area contributed by atoms with E-state index in [-0.39, 0.29) is 0 Å². The Hall–Kier alpha value is -1.96. The molecule has 0 N–H and O–H groups in total. The highest BCUT2D eigenvalue weighted by molar-refractivity contribution is 6.05.